The van der Waals surface area contributed by atoms with Crippen LogP contribution in [0.4, 0.5) is 5.82 Å². The summed E-state index contributed by atoms with van der Waals surface area (Å²) in [6, 6.07) is 12.7. The monoisotopic (exact) mass is 359 g/mol. The topological polar surface area (TPSA) is 53.9 Å². The fraction of sp³-hybridized carbons (Fsp3) is 0.318. The van der Waals surface area contributed by atoms with Crippen LogP contribution in [-0.4, -0.2) is 39.5 Å². The van der Waals surface area contributed by atoms with Gasteiger partial charge in [-0.15, -0.1) is 0 Å². The number of fused-ring (bicyclic) bond motifs is 1. The van der Waals surface area contributed by atoms with Gasteiger partial charge < -0.3 is 5.32 Å². The average Bonchev–Trinajstić information content (AvgIpc) is 2.71. The van der Waals surface area contributed by atoms with Crippen molar-refractivity contribution < 1.29 is 0 Å². The molecule has 0 amide bonds. The highest BCUT2D eigenvalue weighted by atomic mass is 15.2. The van der Waals surface area contributed by atoms with Gasteiger partial charge in [-0.1, -0.05) is 24.3 Å². The fourth-order valence-electron chi connectivity index (χ4n) is 3.50. The predicted molar refractivity (Wildman–Crippen MR) is 109 cm³/mol. The maximum Gasteiger partial charge on any atom is 0.163 e. The van der Waals surface area contributed by atoms with Crippen LogP contribution in [0.1, 0.15) is 22.4 Å². The van der Waals surface area contributed by atoms with Crippen molar-refractivity contribution in [3.05, 3.63) is 71.2 Å². The zero-order valence-corrected chi connectivity index (χ0v) is 15.9. The van der Waals surface area contributed by atoms with Crippen LogP contribution in [0.3, 0.4) is 0 Å². The van der Waals surface area contributed by atoms with Crippen molar-refractivity contribution in [2.75, 3.05) is 25.0 Å². The Kier molecular flexibility index (Phi) is 5.12. The molecule has 0 radical (unpaired) electrons. The number of aryl methyl sites for hydroxylation is 1. The van der Waals surface area contributed by atoms with Gasteiger partial charge in [-0.05, 0) is 43.5 Å². The van der Waals surface area contributed by atoms with Crippen LogP contribution in [0.2, 0.25) is 0 Å². The van der Waals surface area contributed by atoms with Crippen LogP contribution in [0.25, 0.3) is 11.4 Å². The minimum atomic E-state index is 0.723. The summed E-state index contributed by atoms with van der Waals surface area (Å²) < 4.78 is 0. The molecule has 0 spiro atoms. The van der Waals surface area contributed by atoms with E-state index in [0.29, 0.717) is 0 Å². The highest BCUT2D eigenvalue weighted by Crippen LogP contribution is 2.21. The SMILES string of the molecule is Cc1nc(-c2cccnc2)nc(NCCN2CCc3ccccc3C2)c1C. The van der Waals surface area contributed by atoms with Crippen molar-refractivity contribution in [3.8, 4) is 11.4 Å². The van der Waals surface area contributed by atoms with Gasteiger partial charge in [0, 0.05) is 55.4 Å². The molecule has 0 saturated heterocycles. The standard InChI is InChI=1S/C22H25N5/c1-16-17(2)25-22(19-8-5-10-23-14-19)26-21(16)24-11-13-27-12-9-18-6-3-4-7-20(18)15-27/h3-8,10,14H,9,11-13,15H2,1-2H3,(H,24,25,26). The highest BCUT2D eigenvalue weighted by Gasteiger charge is 2.15. The molecule has 0 unspecified atom stereocenters. The predicted octanol–water partition coefficient (Wildman–Crippen LogP) is 3.63. The summed E-state index contributed by atoms with van der Waals surface area (Å²) in [7, 11) is 0. The van der Waals surface area contributed by atoms with E-state index < -0.39 is 0 Å². The molecule has 5 nitrogen and oxygen atoms in total. The van der Waals surface area contributed by atoms with Crippen LogP contribution in [0.5, 0.6) is 0 Å². The fourth-order valence-corrected chi connectivity index (χ4v) is 3.50. The number of aromatic nitrogens is 3. The number of anilines is 1. The zero-order valence-electron chi connectivity index (χ0n) is 15.9. The van der Waals surface area contributed by atoms with Crippen LogP contribution >= 0.6 is 0 Å². The van der Waals surface area contributed by atoms with Crippen molar-refractivity contribution >= 4 is 5.82 Å². The molecule has 3 heterocycles. The molecule has 0 fully saturated rings. The van der Waals surface area contributed by atoms with Crippen molar-refractivity contribution in [1.29, 1.82) is 0 Å². The number of benzene rings is 1. The van der Waals surface area contributed by atoms with Gasteiger partial charge >= 0.3 is 0 Å². The lowest BCUT2D eigenvalue weighted by Gasteiger charge is -2.28. The van der Waals surface area contributed by atoms with E-state index in [4.69, 9.17) is 4.98 Å². The van der Waals surface area contributed by atoms with Crippen LogP contribution in [-0.2, 0) is 13.0 Å². The van der Waals surface area contributed by atoms with Gasteiger partial charge in [-0.3, -0.25) is 9.88 Å². The van der Waals surface area contributed by atoms with E-state index >= 15 is 0 Å². The van der Waals surface area contributed by atoms with Gasteiger partial charge in [0.2, 0.25) is 0 Å². The number of nitrogens with one attached hydrogen (secondary N) is 1. The van der Waals surface area contributed by atoms with E-state index in [9.17, 15) is 0 Å². The third-order valence-corrected chi connectivity index (χ3v) is 5.24. The van der Waals surface area contributed by atoms with Crippen LogP contribution in [0, 0.1) is 13.8 Å². The van der Waals surface area contributed by atoms with Gasteiger partial charge in [0.1, 0.15) is 5.82 Å². The van der Waals surface area contributed by atoms with Gasteiger partial charge in [-0.25, -0.2) is 9.97 Å². The summed E-state index contributed by atoms with van der Waals surface area (Å²) >= 11 is 0. The molecule has 0 saturated carbocycles. The lowest BCUT2D eigenvalue weighted by molar-refractivity contribution is 0.264. The minimum Gasteiger partial charge on any atom is -0.368 e. The lowest BCUT2D eigenvalue weighted by atomic mass is 10.00. The Hall–Kier alpha value is -2.79. The van der Waals surface area contributed by atoms with Crippen LogP contribution < -0.4 is 5.32 Å². The molecule has 0 aliphatic carbocycles. The second kappa shape index (κ2) is 7.84. The molecule has 0 atom stereocenters. The first-order valence-corrected chi connectivity index (χ1v) is 9.49. The maximum atomic E-state index is 4.74. The number of nitrogens with zero attached hydrogens (tertiary/aromatic N) is 4. The second-order valence-electron chi connectivity index (χ2n) is 7.07. The van der Waals surface area contributed by atoms with E-state index in [-0.39, 0.29) is 0 Å². The quantitative estimate of drug-likeness (QED) is 0.754. The Balaban J connectivity index is 1.42. The zero-order chi connectivity index (χ0) is 18.6. The average molecular weight is 359 g/mol. The molecule has 1 N–H and O–H groups in total. The maximum absolute atomic E-state index is 4.74. The summed E-state index contributed by atoms with van der Waals surface area (Å²) in [5, 5.41) is 3.52. The molecular formula is C22H25N5. The van der Waals surface area contributed by atoms with Crippen molar-refractivity contribution in [3.63, 3.8) is 0 Å². The summed E-state index contributed by atoms with van der Waals surface area (Å²) in [6.45, 7) is 8.11. The Morgan fingerprint density at radius 3 is 2.70 bits per heavy atom. The molecule has 27 heavy (non-hydrogen) atoms. The van der Waals surface area contributed by atoms with E-state index in [1.54, 1.807) is 12.4 Å². The molecular weight excluding hydrogens is 334 g/mol. The first kappa shape index (κ1) is 17.6. The molecule has 2 aromatic heterocycles. The summed E-state index contributed by atoms with van der Waals surface area (Å²) in [5.41, 5.74) is 5.99. The molecule has 1 aliphatic rings. The highest BCUT2D eigenvalue weighted by molar-refractivity contribution is 5.58. The van der Waals surface area contributed by atoms with Gasteiger partial charge in [0.15, 0.2) is 5.82 Å². The first-order chi connectivity index (χ1) is 13.2. The molecule has 5 heteroatoms. The van der Waals surface area contributed by atoms with Crippen LogP contribution in [0.15, 0.2) is 48.8 Å². The van der Waals surface area contributed by atoms with Crippen molar-refractivity contribution in [2.45, 2.75) is 26.8 Å². The van der Waals surface area contributed by atoms with E-state index in [1.165, 1.54) is 11.1 Å². The molecule has 0 bridgehead atoms. The molecule has 1 aliphatic heterocycles. The lowest BCUT2D eigenvalue weighted by Crippen LogP contribution is -2.34. The van der Waals surface area contributed by atoms with Gasteiger partial charge in [-0.2, -0.15) is 0 Å². The number of hydrogen-bond acceptors (Lipinski definition) is 5. The smallest absolute Gasteiger partial charge is 0.163 e. The van der Waals surface area contributed by atoms with Crippen molar-refractivity contribution in [1.82, 2.24) is 19.9 Å². The molecule has 3 aromatic rings. The summed E-state index contributed by atoms with van der Waals surface area (Å²) in [6.07, 6.45) is 4.70. The Bertz CT molecular complexity index is 923. The minimum absolute atomic E-state index is 0.723. The van der Waals surface area contributed by atoms with E-state index in [0.717, 1.165) is 61.1 Å². The normalized spacial score (nSPS) is 14.0. The largest absolute Gasteiger partial charge is 0.368 e. The summed E-state index contributed by atoms with van der Waals surface area (Å²) in [4.78, 5) is 16.0. The van der Waals surface area contributed by atoms with Gasteiger partial charge in [0.05, 0.1) is 0 Å². The summed E-state index contributed by atoms with van der Waals surface area (Å²) in [5.74, 6) is 1.64. The van der Waals surface area contributed by atoms with E-state index in [1.807, 2.05) is 19.1 Å². The third kappa shape index (κ3) is 3.98. The Morgan fingerprint density at radius 2 is 1.89 bits per heavy atom. The van der Waals surface area contributed by atoms with Crippen molar-refractivity contribution in [2.24, 2.45) is 0 Å². The second-order valence-corrected chi connectivity index (χ2v) is 7.07. The Morgan fingerprint density at radius 1 is 1.04 bits per heavy atom. The van der Waals surface area contributed by atoms with E-state index in [2.05, 4.69) is 51.4 Å². The molecule has 138 valence electrons. The number of hydrogen-bond donors (Lipinski definition) is 1. The molecule has 1 aromatic carbocycles. The first-order valence-electron chi connectivity index (χ1n) is 9.49. The Labute approximate surface area is 160 Å². The third-order valence-electron chi connectivity index (χ3n) is 5.24. The van der Waals surface area contributed by atoms with Gasteiger partial charge in [0.25, 0.3) is 0 Å². The number of pyridine rings is 1. The molecule has 4 rings (SSSR count). The number of rotatable bonds is 5.